The Morgan fingerprint density at radius 2 is 2.12 bits per heavy atom. The van der Waals surface area contributed by atoms with Crippen LogP contribution in [-0.4, -0.2) is 19.3 Å². The van der Waals surface area contributed by atoms with Crippen LogP contribution in [0.2, 0.25) is 0 Å². The molecule has 1 aromatic rings. The Morgan fingerprint density at radius 1 is 1.29 bits per heavy atom. The second kappa shape index (κ2) is 4.67. The van der Waals surface area contributed by atoms with Crippen LogP contribution in [0.3, 0.4) is 0 Å². The van der Waals surface area contributed by atoms with Crippen molar-refractivity contribution >= 4 is 0 Å². The van der Waals surface area contributed by atoms with E-state index in [9.17, 15) is 0 Å². The highest BCUT2D eigenvalue weighted by atomic mass is 16.5. The number of ether oxygens (including phenoxy) is 2. The van der Waals surface area contributed by atoms with Crippen molar-refractivity contribution in [3.05, 3.63) is 29.8 Å². The van der Waals surface area contributed by atoms with Crippen LogP contribution < -0.4 is 10.5 Å². The molecule has 1 heterocycles. The van der Waals surface area contributed by atoms with E-state index in [-0.39, 0.29) is 12.1 Å². The van der Waals surface area contributed by atoms with E-state index in [0.717, 1.165) is 23.8 Å². The molecule has 1 fully saturated rings. The second-order valence-electron chi connectivity index (χ2n) is 5.02. The Hall–Kier alpha value is -1.06. The zero-order valence-electron chi connectivity index (χ0n) is 9.97. The summed E-state index contributed by atoms with van der Waals surface area (Å²) in [5, 5.41) is 0. The second-order valence-corrected chi connectivity index (χ2v) is 5.02. The maximum atomic E-state index is 6.22. The highest BCUT2D eigenvalue weighted by Crippen LogP contribution is 2.34. The Bertz CT molecular complexity index is 390. The minimum atomic E-state index is -0.0563. The van der Waals surface area contributed by atoms with Gasteiger partial charge in [0.2, 0.25) is 0 Å². The van der Waals surface area contributed by atoms with E-state index in [1.54, 1.807) is 0 Å². The van der Waals surface area contributed by atoms with Crippen molar-refractivity contribution in [3.63, 3.8) is 0 Å². The van der Waals surface area contributed by atoms with Gasteiger partial charge in [0.1, 0.15) is 18.5 Å². The molecule has 0 bridgehead atoms. The number of benzene rings is 1. The monoisotopic (exact) mass is 233 g/mol. The molecule has 2 N–H and O–H groups in total. The average molecular weight is 233 g/mol. The third kappa shape index (κ3) is 2.45. The quantitative estimate of drug-likeness (QED) is 0.867. The molecular formula is C14H19NO2. The van der Waals surface area contributed by atoms with Gasteiger partial charge >= 0.3 is 0 Å². The molecule has 92 valence electrons. The van der Waals surface area contributed by atoms with Gasteiger partial charge < -0.3 is 15.2 Å². The number of hydrogen-bond acceptors (Lipinski definition) is 3. The third-order valence-electron chi connectivity index (χ3n) is 3.64. The molecule has 2 unspecified atom stereocenters. The lowest BCUT2D eigenvalue weighted by Crippen LogP contribution is -2.38. The molecule has 2 aliphatic rings. The van der Waals surface area contributed by atoms with Crippen LogP contribution in [0.25, 0.3) is 0 Å². The maximum Gasteiger partial charge on any atom is 0.124 e. The fourth-order valence-corrected chi connectivity index (χ4v) is 2.31. The highest BCUT2D eigenvalue weighted by molar-refractivity contribution is 5.38. The predicted molar refractivity (Wildman–Crippen MR) is 65.9 cm³/mol. The topological polar surface area (TPSA) is 44.5 Å². The standard InChI is InChI=1S/C14H19NO2/c15-14-11-3-1-2-4-12(11)17-9-13(14)16-8-7-10-5-6-10/h1-4,10,13-14H,5-9,15H2. The molecule has 0 amide bonds. The van der Waals surface area contributed by atoms with E-state index in [1.807, 2.05) is 24.3 Å². The maximum absolute atomic E-state index is 6.22. The largest absolute Gasteiger partial charge is 0.490 e. The molecule has 3 rings (SSSR count). The van der Waals surface area contributed by atoms with Gasteiger partial charge in [-0.25, -0.2) is 0 Å². The Kier molecular flexibility index (Phi) is 3.04. The molecule has 0 spiro atoms. The first-order valence-corrected chi connectivity index (χ1v) is 6.43. The van der Waals surface area contributed by atoms with Crippen molar-refractivity contribution in [2.45, 2.75) is 31.4 Å². The van der Waals surface area contributed by atoms with Gasteiger partial charge in [0.25, 0.3) is 0 Å². The summed E-state index contributed by atoms with van der Waals surface area (Å²) in [7, 11) is 0. The van der Waals surface area contributed by atoms with Crippen molar-refractivity contribution in [2.24, 2.45) is 11.7 Å². The van der Waals surface area contributed by atoms with E-state index < -0.39 is 0 Å². The minimum Gasteiger partial charge on any atom is -0.490 e. The van der Waals surface area contributed by atoms with Crippen molar-refractivity contribution in [3.8, 4) is 5.75 Å². The first kappa shape index (κ1) is 11.1. The van der Waals surface area contributed by atoms with Crippen molar-refractivity contribution in [1.29, 1.82) is 0 Å². The van der Waals surface area contributed by atoms with Crippen LogP contribution in [0.1, 0.15) is 30.9 Å². The van der Waals surface area contributed by atoms with Gasteiger partial charge in [-0.05, 0) is 18.4 Å². The number of hydrogen-bond donors (Lipinski definition) is 1. The van der Waals surface area contributed by atoms with Gasteiger partial charge in [-0.15, -0.1) is 0 Å². The fraction of sp³-hybridized carbons (Fsp3) is 0.571. The fourth-order valence-electron chi connectivity index (χ4n) is 2.31. The predicted octanol–water partition coefficient (Wildman–Crippen LogP) is 2.26. The van der Waals surface area contributed by atoms with Crippen molar-refractivity contribution in [2.75, 3.05) is 13.2 Å². The van der Waals surface area contributed by atoms with E-state index in [2.05, 4.69) is 0 Å². The molecule has 3 heteroatoms. The van der Waals surface area contributed by atoms with Gasteiger partial charge in [0.05, 0.1) is 6.04 Å². The number of nitrogens with two attached hydrogens (primary N) is 1. The van der Waals surface area contributed by atoms with Crippen LogP contribution in [0.4, 0.5) is 0 Å². The molecule has 0 radical (unpaired) electrons. The lowest BCUT2D eigenvalue weighted by atomic mass is 9.99. The van der Waals surface area contributed by atoms with Crippen LogP contribution in [0.5, 0.6) is 5.75 Å². The summed E-state index contributed by atoms with van der Waals surface area (Å²) in [4.78, 5) is 0. The summed E-state index contributed by atoms with van der Waals surface area (Å²) in [6, 6.07) is 7.90. The third-order valence-corrected chi connectivity index (χ3v) is 3.64. The molecule has 1 aliphatic heterocycles. The van der Waals surface area contributed by atoms with Crippen LogP contribution in [0, 0.1) is 5.92 Å². The molecule has 2 atom stereocenters. The molecule has 3 nitrogen and oxygen atoms in total. The number of para-hydroxylation sites is 1. The van der Waals surface area contributed by atoms with E-state index in [4.69, 9.17) is 15.2 Å². The summed E-state index contributed by atoms with van der Waals surface area (Å²) in [6.07, 6.45) is 3.92. The van der Waals surface area contributed by atoms with Crippen molar-refractivity contribution in [1.82, 2.24) is 0 Å². The normalized spacial score (nSPS) is 27.4. The first-order valence-electron chi connectivity index (χ1n) is 6.43. The van der Waals surface area contributed by atoms with Gasteiger partial charge in [0.15, 0.2) is 0 Å². The average Bonchev–Trinajstić information content (AvgIpc) is 3.17. The zero-order valence-corrected chi connectivity index (χ0v) is 9.97. The lowest BCUT2D eigenvalue weighted by molar-refractivity contribution is -0.00910. The van der Waals surface area contributed by atoms with Gasteiger partial charge in [0, 0.05) is 12.2 Å². The minimum absolute atomic E-state index is 0.00338. The molecule has 1 aromatic carbocycles. The zero-order chi connectivity index (χ0) is 11.7. The molecular weight excluding hydrogens is 214 g/mol. The molecule has 1 saturated carbocycles. The van der Waals surface area contributed by atoms with Crippen LogP contribution in [-0.2, 0) is 4.74 Å². The van der Waals surface area contributed by atoms with Gasteiger partial charge in [-0.2, -0.15) is 0 Å². The van der Waals surface area contributed by atoms with E-state index in [0.29, 0.717) is 6.61 Å². The van der Waals surface area contributed by atoms with E-state index in [1.165, 1.54) is 19.3 Å². The molecule has 0 aromatic heterocycles. The summed E-state index contributed by atoms with van der Waals surface area (Å²) in [5.74, 6) is 1.81. The van der Waals surface area contributed by atoms with Crippen molar-refractivity contribution < 1.29 is 9.47 Å². The highest BCUT2D eigenvalue weighted by Gasteiger charge is 2.29. The number of rotatable bonds is 4. The Morgan fingerprint density at radius 3 is 2.94 bits per heavy atom. The summed E-state index contributed by atoms with van der Waals surface area (Å²) in [5.41, 5.74) is 7.28. The SMILES string of the molecule is NC1c2ccccc2OCC1OCCC1CC1. The summed E-state index contributed by atoms with van der Waals surface area (Å²) in [6.45, 7) is 1.39. The summed E-state index contributed by atoms with van der Waals surface area (Å²) >= 11 is 0. The first-order chi connectivity index (χ1) is 8.34. The molecule has 17 heavy (non-hydrogen) atoms. The molecule has 1 aliphatic carbocycles. The lowest BCUT2D eigenvalue weighted by Gasteiger charge is -2.31. The van der Waals surface area contributed by atoms with Gasteiger partial charge in [-0.3, -0.25) is 0 Å². The van der Waals surface area contributed by atoms with Crippen LogP contribution >= 0.6 is 0 Å². The number of fused-ring (bicyclic) bond motifs is 1. The van der Waals surface area contributed by atoms with Crippen LogP contribution in [0.15, 0.2) is 24.3 Å². The molecule has 0 saturated heterocycles. The Balaban J connectivity index is 1.60. The van der Waals surface area contributed by atoms with Gasteiger partial charge in [-0.1, -0.05) is 31.0 Å². The Labute approximate surface area is 102 Å². The smallest absolute Gasteiger partial charge is 0.124 e. The van der Waals surface area contributed by atoms with E-state index >= 15 is 0 Å². The summed E-state index contributed by atoms with van der Waals surface area (Å²) < 4.78 is 11.5.